The number of hydrogen-bond acceptors (Lipinski definition) is 2. The summed E-state index contributed by atoms with van der Waals surface area (Å²) in [5.74, 6) is 1.17. The van der Waals surface area contributed by atoms with Crippen molar-refractivity contribution < 1.29 is 0 Å². The Kier molecular flexibility index (Phi) is 4.03. The summed E-state index contributed by atoms with van der Waals surface area (Å²) in [6.07, 6.45) is 8.52. The Morgan fingerprint density at radius 1 is 0.889 bits per heavy atom. The second-order valence-electron chi connectivity index (χ2n) is 8.05. The minimum atomic E-state index is 0.562. The van der Waals surface area contributed by atoms with Crippen LogP contribution >= 0.6 is 22.7 Å². The first-order valence-electron chi connectivity index (χ1n) is 9.67. The summed E-state index contributed by atoms with van der Waals surface area (Å²) in [4.78, 5) is 5.68. The molecule has 27 heavy (non-hydrogen) atoms. The van der Waals surface area contributed by atoms with Crippen molar-refractivity contribution in [3.8, 4) is 9.75 Å². The van der Waals surface area contributed by atoms with Crippen LogP contribution < -0.4 is 0 Å². The van der Waals surface area contributed by atoms with Gasteiger partial charge in [-0.1, -0.05) is 42.0 Å². The zero-order chi connectivity index (χ0) is 18.7. The van der Waals surface area contributed by atoms with Crippen molar-refractivity contribution in [2.75, 3.05) is 0 Å². The highest BCUT2D eigenvalue weighted by Crippen LogP contribution is 2.46. The normalized spacial score (nSPS) is 20.5. The van der Waals surface area contributed by atoms with Gasteiger partial charge in [0.05, 0.1) is 0 Å². The van der Waals surface area contributed by atoms with Crippen LogP contribution in [0, 0.1) is 33.6 Å². The smallest absolute Gasteiger partial charge is 0.0452 e. The monoisotopic (exact) mass is 388 g/mol. The van der Waals surface area contributed by atoms with Gasteiger partial charge in [-0.2, -0.15) is 0 Å². The first-order chi connectivity index (χ1) is 13.0. The average molecular weight is 389 g/mol. The van der Waals surface area contributed by atoms with Crippen LogP contribution in [0.4, 0.5) is 0 Å². The van der Waals surface area contributed by atoms with E-state index < -0.39 is 0 Å². The number of fused-ring (bicyclic) bond motifs is 3. The van der Waals surface area contributed by atoms with Crippen molar-refractivity contribution in [1.82, 2.24) is 0 Å². The Morgan fingerprint density at radius 3 is 2.44 bits per heavy atom. The highest BCUT2D eigenvalue weighted by Gasteiger charge is 2.31. The molecule has 136 valence electrons. The number of benzene rings is 1. The van der Waals surface area contributed by atoms with Crippen molar-refractivity contribution in [3.05, 3.63) is 86.1 Å². The Labute approximate surface area is 169 Å². The summed E-state index contributed by atoms with van der Waals surface area (Å²) in [5, 5.41) is 0. The van der Waals surface area contributed by atoms with E-state index in [-0.39, 0.29) is 0 Å². The molecule has 0 nitrogen and oxygen atoms in total. The minimum absolute atomic E-state index is 0.562. The van der Waals surface area contributed by atoms with Crippen molar-refractivity contribution >= 4 is 28.2 Å². The molecule has 2 aliphatic carbocycles. The number of aryl methyl sites for hydroxylation is 4. The second-order valence-corrected chi connectivity index (χ2v) is 10.4. The molecule has 3 aromatic rings. The average Bonchev–Trinajstić information content (AvgIpc) is 3.29. The lowest BCUT2D eigenvalue weighted by Crippen LogP contribution is -2.06. The first-order valence-corrected chi connectivity index (χ1v) is 11.3. The number of rotatable bonds is 2. The molecule has 2 heterocycles. The van der Waals surface area contributed by atoms with E-state index in [2.05, 4.69) is 76.3 Å². The van der Waals surface area contributed by atoms with Crippen molar-refractivity contribution in [2.45, 2.75) is 40.0 Å². The molecule has 0 radical (unpaired) electrons. The van der Waals surface area contributed by atoms with Gasteiger partial charge in [-0.15, -0.1) is 22.7 Å². The highest BCUT2D eigenvalue weighted by atomic mass is 32.1. The third-order valence-electron chi connectivity index (χ3n) is 6.04. The molecule has 0 saturated carbocycles. The van der Waals surface area contributed by atoms with E-state index in [4.69, 9.17) is 0 Å². The maximum atomic E-state index is 2.54. The van der Waals surface area contributed by atoms with Gasteiger partial charge in [0.15, 0.2) is 0 Å². The van der Waals surface area contributed by atoms with E-state index in [1.807, 2.05) is 22.7 Å². The zero-order valence-electron chi connectivity index (χ0n) is 16.3. The Morgan fingerprint density at radius 2 is 1.67 bits per heavy atom. The lowest BCUT2D eigenvalue weighted by atomic mass is 9.85. The molecule has 2 aliphatic rings. The molecule has 0 aliphatic heterocycles. The van der Waals surface area contributed by atoms with Gasteiger partial charge in [-0.3, -0.25) is 0 Å². The van der Waals surface area contributed by atoms with Crippen molar-refractivity contribution in [1.29, 1.82) is 0 Å². The lowest BCUT2D eigenvalue weighted by molar-refractivity contribution is 0.633. The molecular weight excluding hydrogens is 364 g/mol. The van der Waals surface area contributed by atoms with Gasteiger partial charge in [-0.25, -0.2) is 0 Å². The maximum absolute atomic E-state index is 2.54. The first kappa shape index (κ1) is 17.2. The standard InChI is InChI=1S/C25H24S2/c1-14-5-7-21-19(9-14)13-20-12-18(6-8-22(20)21)25-16(3)11-24(27-25)23-10-15(2)17(4)26-23/h5-12,20,22H,13H2,1-4H3. The summed E-state index contributed by atoms with van der Waals surface area (Å²) in [5.41, 5.74) is 8.67. The SMILES string of the molecule is Cc1ccc2c(c1)CC1C=C(c3sc(-c4cc(C)c(C)s4)cc3C)C=CC21. The van der Waals surface area contributed by atoms with Gasteiger partial charge in [0.25, 0.3) is 0 Å². The number of thiophene rings is 2. The predicted molar refractivity (Wildman–Crippen MR) is 120 cm³/mol. The topological polar surface area (TPSA) is 0 Å². The Bertz CT molecular complexity index is 1080. The van der Waals surface area contributed by atoms with Crippen molar-refractivity contribution in [2.24, 2.45) is 5.92 Å². The second kappa shape index (κ2) is 6.32. The van der Waals surface area contributed by atoms with E-state index in [1.54, 1.807) is 5.56 Å². The molecule has 0 amide bonds. The maximum Gasteiger partial charge on any atom is 0.0452 e. The summed E-state index contributed by atoms with van der Waals surface area (Å²) >= 11 is 3.87. The van der Waals surface area contributed by atoms with E-state index in [9.17, 15) is 0 Å². The van der Waals surface area contributed by atoms with E-state index in [0.29, 0.717) is 11.8 Å². The minimum Gasteiger partial charge on any atom is -0.139 e. The molecule has 0 bridgehead atoms. The van der Waals surface area contributed by atoms with Crippen LogP contribution in [-0.2, 0) is 6.42 Å². The molecule has 2 aromatic heterocycles. The Balaban J connectivity index is 1.49. The quantitative estimate of drug-likeness (QED) is 0.423. The predicted octanol–water partition coefficient (Wildman–Crippen LogP) is 7.62. The third-order valence-corrected chi connectivity index (χ3v) is 8.67. The summed E-state index contributed by atoms with van der Waals surface area (Å²) in [6, 6.07) is 11.7. The van der Waals surface area contributed by atoms with Crippen molar-refractivity contribution in [3.63, 3.8) is 0 Å². The van der Waals surface area contributed by atoms with Crippen LogP contribution in [0.25, 0.3) is 15.3 Å². The molecule has 0 fully saturated rings. The fourth-order valence-corrected chi connectivity index (χ4v) is 6.77. The molecule has 5 rings (SSSR count). The summed E-state index contributed by atoms with van der Waals surface area (Å²) in [6.45, 7) is 8.89. The van der Waals surface area contributed by atoms with Crippen LogP contribution in [0.15, 0.2) is 48.6 Å². The van der Waals surface area contributed by atoms with E-state index in [0.717, 1.165) is 0 Å². The molecule has 0 spiro atoms. The largest absolute Gasteiger partial charge is 0.139 e. The lowest BCUT2D eigenvalue weighted by Gasteiger charge is -2.19. The number of hydrogen-bond donors (Lipinski definition) is 0. The fraction of sp³-hybridized carbons (Fsp3) is 0.280. The third kappa shape index (κ3) is 2.86. The van der Waals surface area contributed by atoms with Gasteiger partial charge < -0.3 is 0 Å². The molecule has 2 unspecified atom stereocenters. The van der Waals surface area contributed by atoms with Crippen LogP contribution in [-0.4, -0.2) is 0 Å². The highest BCUT2D eigenvalue weighted by molar-refractivity contribution is 7.22. The van der Waals surface area contributed by atoms with Crippen LogP contribution in [0.3, 0.4) is 0 Å². The summed E-state index contributed by atoms with van der Waals surface area (Å²) in [7, 11) is 0. The molecule has 2 heteroatoms. The van der Waals surface area contributed by atoms with Crippen LogP contribution in [0.5, 0.6) is 0 Å². The van der Waals surface area contributed by atoms with Crippen LogP contribution in [0.2, 0.25) is 0 Å². The molecule has 0 N–H and O–H groups in total. The Hall–Kier alpha value is -1.90. The zero-order valence-corrected chi connectivity index (χ0v) is 17.9. The molecule has 2 atom stereocenters. The molecular formula is C25H24S2. The van der Waals surface area contributed by atoms with E-state index >= 15 is 0 Å². The van der Waals surface area contributed by atoms with Gasteiger partial charge in [-0.05, 0) is 80.0 Å². The van der Waals surface area contributed by atoms with Gasteiger partial charge in [0.2, 0.25) is 0 Å². The van der Waals surface area contributed by atoms with Gasteiger partial charge in [0.1, 0.15) is 0 Å². The van der Waals surface area contributed by atoms with Crippen LogP contribution in [0.1, 0.15) is 43.5 Å². The number of allylic oxidation sites excluding steroid dienone is 4. The molecule has 1 aromatic carbocycles. The van der Waals surface area contributed by atoms with Gasteiger partial charge in [0, 0.05) is 25.4 Å². The van der Waals surface area contributed by atoms with Gasteiger partial charge >= 0.3 is 0 Å². The molecule has 0 saturated heterocycles. The fourth-order valence-electron chi connectivity index (χ4n) is 4.49. The summed E-state index contributed by atoms with van der Waals surface area (Å²) < 4.78 is 0. The van der Waals surface area contributed by atoms with E-state index in [1.165, 1.54) is 53.8 Å².